The van der Waals surface area contributed by atoms with Gasteiger partial charge in [0, 0.05) is 19.4 Å². The lowest BCUT2D eigenvalue weighted by Gasteiger charge is -2.33. The van der Waals surface area contributed by atoms with E-state index in [-0.39, 0.29) is 24.2 Å². The van der Waals surface area contributed by atoms with E-state index in [9.17, 15) is 14.4 Å². The number of aliphatic carboxylic acids is 1. The molecular formula is C15H26N2O4. The van der Waals surface area contributed by atoms with Crippen LogP contribution in [-0.4, -0.2) is 29.6 Å². The number of rotatable bonds is 7. The molecule has 6 heteroatoms. The van der Waals surface area contributed by atoms with E-state index in [1.165, 1.54) is 19.3 Å². The van der Waals surface area contributed by atoms with Crippen molar-refractivity contribution in [2.24, 2.45) is 5.41 Å². The molecular weight excluding hydrogens is 272 g/mol. The molecule has 120 valence electrons. The Morgan fingerprint density at radius 2 is 1.67 bits per heavy atom. The molecule has 0 aromatic carbocycles. The van der Waals surface area contributed by atoms with E-state index < -0.39 is 12.0 Å². The van der Waals surface area contributed by atoms with Gasteiger partial charge >= 0.3 is 12.0 Å². The number of hydrogen-bond acceptors (Lipinski definition) is 3. The van der Waals surface area contributed by atoms with E-state index in [1.54, 1.807) is 0 Å². The molecule has 1 aliphatic carbocycles. The highest BCUT2D eigenvalue weighted by atomic mass is 16.4. The van der Waals surface area contributed by atoms with Gasteiger partial charge in [0.25, 0.3) is 0 Å². The zero-order valence-electron chi connectivity index (χ0n) is 12.7. The molecule has 3 N–H and O–H groups in total. The fraction of sp³-hybridized carbons (Fsp3) is 0.800. The lowest BCUT2D eigenvalue weighted by molar-refractivity contribution is -0.137. The molecule has 1 fully saturated rings. The zero-order valence-corrected chi connectivity index (χ0v) is 12.7. The number of unbranched alkanes of at least 4 members (excludes halogenated alkanes) is 1. The minimum absolute atomic E-state index is 0.0534. The number of hydrogen-bond donors (Lipinski definition) is 3. The number of carboxylic acid groups (broad SMARTS) is 1. The monoisotopic (exact) mass is 298 g/mol. The van der Waals surface area contributed by atoms with Crippen LogP contribution in [0.2, 0.25) is 0 Å². The second kappa shape index (κ2) is 8.64. The Bertz CT molecular complexity index is 376. The summed E-state index contributed by atoms with van der Waals surface area (Å²) in [4.78, 5) is 33.5. The SMILES string of the molecule is CC1(CNC(=O)NC(=O)CCCCC(=O)O)CCCCC1. The van der Waals surface area contributed by atoms with Crippen molar-refractivity contribution in [3.63, 3.8) is 0 Å². The van der Waals surface area contributed by atoms with Crippen molar-refractivity contribution in [2.45, 2.75) is 64.7 Å². The van der Waals surface area contributed by atoms with Crippen molar-refractivity contribution in [2.75, 3.05) is 6.54 Å². The third-order valence-electron chi connectivity index (χ3n) is 4.03. The van der Waals surface area contributed by atoms with Crippen LogP contribution in [-0.2, 0) is 9.59 Å². The standard InChI is InChI=1S/C15H26N2O4/c1-15(9-5-2-6-10-15)11-16-14(21)17-12(18)7-3-4-8-13(19)20/h2-11H2,1H3,(H,19,20)(H2,16,17,18,21). The van der Waals surface area contributed by atoms with Gasteiger partial charge in [0.05, 0.1) is 0 Å². The Hall–Kier alpha value is -1.59. The van der Waals surface area contributed by atoms with E-state index in [0.29, 0.717) is 19.4 Å². The van der Waals surface area contributed by atoms with Crippen LogP contribution in [0.15, 0.2) is 0 Å². The van der Waals surface area contributed by atoms with Gasteiger partial charge in [-0.2, -0.15) is 0 Å². The Kier molecular flexibility index (Phi) is 7.19. The van der Waals surface area contributed by atoms with Gasteiger partial charge in [-0.15, -0.1) is 0 Å². The summed E-state index contributed by atoms with van der Waals surface area (Å²) in [6.45, 7) is 2.76. The lowest BCUT2D eigenvalue weighted by atomic mass is 9.76. The molecule has 0 heterocycles. The summed E-state index contributed by atoms with van der Waals surface area (Å²) < 4.78 is 0. The summed E-state index contributed by atoms with van der Waals surface area (Å²) in [5, 5.41) is 13.5. The van der Waals surface area contributed by atoms with Gasteiger partial charge in [-0.3, -0.25) is 14.9 Å². The molecule has 1 saturated carbocycles. The van der Waals surface area contributed by atoms with Crippen LogP contribution in [0.1, 0.15) is 64.7 Å². The number of carbonyl (C=O) groups is 3. The zero-order chi connectivity index (χ0) is 15.7. The summed E-state index contributed by atoms with van der Waals surface area (Å²) in [6, 6.07) is -0.454. The number of imide groups is 1. The van der Waals surface area contributed by atoms with Crippen molar-refractivity contribution in [1.82, 2.24) is 10.6 Å². The maximum atomic E-state index is 11.6. The number of urea groups is 1. The second-order valence-electron chi connectivity index (χ2n) is 6.20. The molecule has 0 radical (unpaired) electrons. The molecule has 1 aliphatic rings. The lowest BCUT2D eigenvalue weighted by Crippen LogP contribution is -2.44. The number of nitrogens with one attached hydrogen (secondary N) is 2. The van der Waals surface area contributed by atoms with E-state index in [1.807, 2.05) is 0 Å². The summed E-state index contributed by atoms with van der Waals surface area (Å²) in [5.41, 5.74) is 0.139. The fourth-order valence-corrected chi connectivity index (χ4v) is 2.67. The Labute approximate surface area is 125 Å². The van der Waals surface area contributed by atoms with Gasteiger partial charge in [-0.25, -0.2) is 4.79 Å². The molecule has 3 amide bonds. The van der Waals surface area contributed by atoms with Gasteiger partial charge in [0.15, 0.2) is 0 Å². The van der Waals surface area contributed by atoms with Crippen LogP contribution in [0.3, 0.4) is 0 Å². The number of amides is 3. The predicted octanol–water partition coefficient (Wildman–Crippen LogP) is 2.43. The van der Waals surface area contributed by atoms with Gasteiger partial charge in [0.2, 0.25) is 5.91 Å². The third-order valence-corrected chi connectivity index (χ3v) is 4.03. The first-order valence-electron chi connectivity index (χ1n) is 7.71. The molecule has 21 heavy (non-hydrogen) atoms. The topological polar surface area (TPSA) is 95.5 Å². The Morgan fingerprint density at radius 1 is 1.05 bits per heavy atom. The average Bonchev–Trinajstić information content (AvgIpc) is 2.42. The van der Waals surface area contributed by atoms with E-state index >= 15 is 0 Å². The Balaban J connectivity index is 2.14. The van der Waals surface area contributed by atoms with Gasteiger partial charge in [0.1, 0.15) is 0 Å². The summed E-state index contributed by atoms with van der Waals surface area (Å²) in [6.07, 6.45) is 7.02. The first kappa shape index (κ1) is 17.5. The summed E-state index contributed by atoms with van der Waals surface area (Å²) in [5.74, 6) is -1.22. The summed E-state index contributed by atoms with van der Waals surface area (Å²) in [7, 11) is 0. The number of carboxylic acids is 1. The van der Waals surface area contributed by atoms with Gasteiger partial charge in [-0.05, 0) is 31.1 Å². The van der Waals surface area contributed by atoms with E-state index in [4.69, 9.17) is 5.11 Å². The van der Waals surface area contributed by atoms with Crippen molar-refractivity contribution in [3.8, 4) is 0 Å². The minimum Gasteiger partial charge on any atom is -0.481 e. The highest BCUT2D eigenvalue weighted by Gasteiger charge is 2.27. The largest absolute Gasteiger partial charge is 0.481 e. The smallest absolute Gasteiger partial charge is 0.321 e. The highest BCUT2D eigenvalue weighted by Crippen LogP contribution is 2.34. The second-order valence-corrected chi connectivity index (χ2v) is 6.20. The quantitative estimate of drug-likeness (QED) is 0.629. The van der Waals surface area contributed by atoms with Crippen molar-refractivity contribution < 1.29 is 19.5 Å². The van der Waals surface area contributed by atoms with Crippen molar-refractivity contribution in [3.05, 3.63) is 0 Å². The fourth-order valence-electron chi connectivity index (χ4n) is 2.67. The normalized spacial score (nSPS) is 17.0. The van der Waals surface area contributed by atoms with Crippen LogP contribution in [0.5, 0.6) is 0 Å². The van der Waals surface area contributed by atoms with E-state index in [2.05, 4.69) is 17.6 Å². The van der Waals surface area contributed by atoms with Crippen molar-refractivity contribution in [1.29, 1.82) is 0 Å². The van der Waals surface area contributed by atoms with Crippen LogP contribution < -0.4 is 10.6 Å². The molecule has 0 aromatic rings. The first-order chi connectivity index (χ1) is 9.91. The predicted molar refractivity (Wildman–Crippen MR) is 78.8 cm³/mol. The maximum Gasteiger partial charge on any atom is 0.321 e. The summed E-state index contributed by atoms with van der Waals surface area (Å²) >= 11 is 0. The molecule has 0 aromatic heterocycles. The van der Waals surface area contributed by atoms with Crippen molar-refractivity contribution >= 4 is 17.9 Å². The van der Waals surface area contributed by atoms with Crippen LogP contribution >= 0.6 is 0 Å². The minimum atomic E-state index is -0.867. The third kappa shape index (κ3) is 7.68. The molecule has 0 unspecified atom stereocenters. The van der Waals surface area contributed by atoms with Crippen LogP contribution in [0.25, 0.3) is 0 Å². The van der Waals surface area contributed by atoms with Crippen LogP contribution in [0, 0.1) is 5.41 Å². The molecule has 6 nitrogen and oxygen atoms in total. The average molecular weight is 298 g/mol. The first-order valence-corrected chi connectivity index (χ1v) is 7.71. The molecule has 0 aliphatic heterocycles. The molecule has 0 saturated heterocycles. The van der Waals surface area contributed by atoms with E-state index in [0.717, 1.165) is 12.8 Å². The highest BCUT2D eigenvalue weighted by molar-refractivity contribution is 5.94. The Morgan fingerprint density at radius 3 is 2.29 bits per heavy atom. The van der Waals surface area contributed by atoms with Gasteiger partial charge in [-0.1, -0.05) is 26.2 Å². The van der Waals surface area contributed by atoms with Gasteiger partial charge < -0.3 is 10.4 Å². The molecule has 0 bridgehead atoms. The van der Waals surface area contributed by atoms with Crippen LogP contribution in [0.4, 0.5) is 4.79 Å². The molecule has 0 spiro atoms. The number of carbonyl (C=O) groups excluding carboxylic acids is 2. The molecule has 1 rings (SSSR count). The maximum absolute atomic E-state index is 11.6. The molecule has 0 atom stereocenters.